The van der Waals surface area contributed by atoms with Crippen LogP contribution in [-0.2, 0) is 4.74 Å². The van der Waals surface area contributed by atoms with Crippen LogP contribution in [0.15, 0.2) is 78.9 Å². The third-order valence-corrected chi connectivity index (χ3v) is 5.45. The number of halogens is 1. The van der Waals surface area contributed by atoms with Crippen molar-refractivity contribution in [3.05, 3.63) is 90.0 Å². The Hall–Kier alpha value is -2.38. The molecule has 0 saturated carbocycles. The number of benzene rings is 3. The number of morpholine rings is 1. The van der Waals surface area contributed by atoms with Gasteiger partial charge in [-0.2, -0.15) is 0 Å². The van der Waals surface area contributed by atoms with E-state index in [1.54, 1.807) is 0 Å². The van der Waals surface area contributed by atoms with Crippen molar-refractivity contribution < 1.29 is 26.2 Å². The predicted octanol–water partition coefficient (Wildman–Crippen LogP) is 1.76. The molecular weight excluding hydrogens is 422 g/mol. The summed E-state index contributed by atoms with van der Waals surface area (Å²) in [5.74, 6) is 6.92. The van der Waals surface area contributed by atoms with E-state index in [1.807, 2.05) is 0 Å². The fourth-order valence-corrected chi connectivity index (χ4v) is 3.75. The summed E-state index contributed by atoms with van der Waals surface area (Å²) in [4.78, 5) is 0. The van der Waals surface area contributed by atoms with Crippen LogP contribution >= 0.6 is 0 Å². The van der Waals surface area contributed by atoms with Gasteiger partial charge in [-0.3, -0.25) is 0 Å². The Bertz CT molecular complexity index is 1010. The Kier molecular flexibility index (Phi) is 7.66. The molecule has 0 atom stereocenters. The van der Waals surface area contributed by atoms with Gasteiger partial charge >= 0.3 is 0 Å². The fraction of sp³-hybridized carbons (Fsp3) is 0.231. The summed E-state index contributed by atoms with van der Waals surface area (Å²) in [5.41, 5.74) is 2.36. The van der Waals surface area contributed by atoms with Crippen molar-refractivity contribution in [2.45, 2.75) is 0 Å². The van der Waals surface area contributed by atoms with Gasteiger partial charge in [0.2, 0.25) is 0 Å². The smallest absolute Gasteiger partial charge is 0.141 e. The van der Waals surface area contributed by atoms with Crippen molar-refractivity contribution in [3.63, 3.8) is 0 Å². The summed E-state index contributed by atoms with van der Waals surface area (Å²) in [6.07, 6.45) is 4.51. The second-order valence-electron chi connectivity index (χ2n) is 7.38. The van der Waals surface area contributed by atoms with Crippen molar-refractivity contribution in [1.29, 1.82) is 0 Å². The van der Waals surface area contributed by atoms with E-state index in [2.05, 4.69) is 96.8 Å². The van der Waals surface area contributed by atoms with Gasteiger partial charge in [0.25, 0.3) is 0 Å². The summed E-state index contributed by atoms with van der Waals surface area (Å²) in [7, 11) is 0. The molecule has 0 aromatic heterocycles. The number of ether oxygens (including phenoxy) is 1. The quantitative estimate of drug-likeness (QED) is 0.437. The highest BCUT2D eigenvalue weighted by Gasteiger charge is 2.28. The normalized spacial score (nSPS) is 15.4. The van der Waals surface area contributed by atoms with Crippen LogP contribution in [0, 0.1) is 11.8 Å². The first-order chi connectivity index (χ1) is 13.8. The Morgan fingerprint density at radius 3 is 2.41 bits per heavy atom. The number of nitrogens with zero attached hydrogens (tertiary/aromatic N) is 1. The molecule has 1 fully saturated rings. The van der Waals surface area contributed by atoms with Crippen LogP contribution in [0.5, 0.6) is 0 Å². The van der Waals surface area contributed by atoms with Crippen LogP contribution in [-0.4, -0.2) is 43.9 Å². The van der Waals surface area contributed by atoms with E-state index >= 15 is 0 Å². The number of fused-ring (bicyclic) bond motifs is 1. The highest BCUT2D eigenvalue weighted by molar-refractivity contribution is 5.88. The zero-order valence-electron chi connectivity index (χ0n) is 16.6. The first-order valence-corrected chi connectivity index (χ1v) is 9.96. The molecule has 1 saturated heterocycles. The monoisotopic (exact) mass is 447 g/mol. The second-order valence-corrected chi connectivity index (χ2v) is 7.38. The lowest BCUT2D eigenvalue weighted by Crippen LogP contribution is -3.00. The molecule has 3 heteroatoms. The van der Waals surface area contributed by atoms with E-state index in [0.717, 1.165) is 49.4 Å². The van der Waals surface area contributed by atoms with Gasteiger partial charge in [0, 0.05) is 5.56 Å². The van der Waals surface area contributed by atoms with Gasteiger partial charge in [-0.15, -0.1) is 0 Å². The summed E-state index contributed by atoms with van der Waals surface area (Å²) in [6, 6.07) is 25.3. The highest BCUT2D eigenvalue weighted by atomic mass is 79.9. The highest BCUT2D eigenvalue weighted by Crippen LogP contribution is 2.18. The van der Waals surface area contributed by atoms with E-state index in [0.29, 0.717) is 0 Å². The van der Waals surface area contributed by atoms with Crippen molar-refractivity contribution in [3.8, 4) is 11.8 Å². The third kappa shape index (κ3) is 5.58. The van der Waals surface area contributed by atoms with Crippen LogP contribution in [0.25, 0.3) is 16.8 Å². The molecule has 0 amide bonds. The molecule has 0 unspecified atom stereocenters. The van der Waals surface area contributed by atoms with Crippen LogP contribution in [0.3, 0.4) is 0 Å². The average Bonchev–Trinajstić information content (AvgIpc) is 2.75. The topological polar surface area (TPSA) is 9.23 Å². The van der Waals surface area contributed by atoms with Crippen molar-refractivity contribution in [2.75, 3.05) is 39.4 Å². The van der Waals surface area contributed by atoms with E-state index in [1.165, 1.54) is 16.3 Å². The molecule has 0 N–H and O–H groups in total. The summed E-state index contributed by atoms with van der Waals surface area (Å²) in [6.45, 7) is 5.51. The molecule has 1 aliphatic rings. The standard InChI is InChI=1S/C26H26NO.BrH/c1-2-9-23(10-3-1)11-7-17-27(19-21-28-22-20-27)18-8-15-25-14-6-13-24-12-4-5-16-26(24)25;/h1-7,9-14,16H,17-22H2;1H/q+1;/p-1. The summed E-state index contributed by atoms with van der Waals surface area (Å²) >= 11 is 0. The average molecular weight is 448 g/mol. The van der Waals surface area contributed by atoms with Gasteiger partial charge in [0.05, 0.1) is 19.8 Å². The lowest BCUT2D eigenvalue weighted by atomic mass is 10.1. The Labute approximate surface area is 184 Å². The molecule has 3 aromatic rings. The summed E-state index contributed by atoms with van der Waals surface area (Å²) < 4.78 is 6.60. The zero-order valence-corrected chi connectivity index (χ0v) is 18.1. The molecule has 4 rings (SSSR count). The minimum Gasteiger partial charge on any atom is -1.00 e. The molecular formula is C26H26BrNO. The first kappa shape index (κ1) is 21.3. The van der Waals surface area contributed by atoms with Crippen molar-refractivity contribution >= 4 is 16.8 Å². The van der Waals surface area contributed by atoms with Gasteiger partial charge in [-0.25, -0.2) is 0 Å². The molecule has 1 aliphatic heterocycles. The number of hydrogen-bond acceptors (Lipinski definition) is 1. The van der Waals surface area contributed by atoms with E-state index in [4.69, 9.17) is 4.74 Å². The molecule has 148 valence electrons. The second kappa shape index (κ2) is 10.4. The molecule has 0 spiro atoms. The van der Waals surface area contributed by atoms with Crippen LogP contribution in [0.1, 0.15) is 11.1 Å². The maximum absolute atomic E-state index is 5.62. The van der Waals surface area contributed by atoms with Gasteiger partial charge in [0.15, 0.2) is 0 Å². The van der Waals surface area contributed by atoms with Gasteiger partial charge in [-0.1, -0.05) is 78.7 Å². The Morgan fingerprint density at radius 2 is 1.59 bits per heavy atom. The number of hydrogen-bond donors (Lipinski definition) is 0. The van der Waals surface area contributed by atoms with Crippen molar-refractivity contribution in [2.24, 2.45) is 0 Å². The lowest BCUT2D eigenvalue weighted by Gasteiger charge is -2.39. The molecule has 0 radical (unpaired) electrons. The first-order valence-electron chi connectivity index (χ1n) is 9.96. The molecule has 2 nitrogen and oxygen atoms in total. The zero-order chi connectivity index (χ0) is 19.1. The minimum atomic E-state index is 0. The molecule has 0 aliphatic carbocycles. The number of rotatable bonds is 4. The SMILES string of the molecule is C(#Cc1cccc2ccccc12)C[N+]1(CC=Cc2ccccc2)CCOCC1.[Br-]. The predicted molar refractivity (Wildman–Crippen MR) is 117 cm³/mol. The van der Waals surface area contributed by atoms with E-state index in [9.17, 15) is 0 Å². The molecule has 3 aromatic carbocycles. The van der Waals surface area contributed by atoms with Gasteiger partial charge in [0.1, 0.15) is 19.6 Å². The van der Waals surface area contributed by atoms with Gasteiger partial charge < -0.3 is 26.2 Å². The lowest BCUT2D eigenvalue weighted by molar-refractivity contribution is -0.923. The third-order valence-electron chi connectivity index (χ3n) is 5.45. The molecule has 0 bridgehead atoms. The van der Waals surface area contributed by atoms with Crippen LogP contribution in [0.2, 0.25) is 0 Å². The molecule has 1 heterocycles. The van der Waals surface area contributed by atoms with E-state index < -0.39 is 0 Å². The Balaban J connectivity index is 0.00000240. The Morgan fingerprint density at radius 1 is 0.862 bits per heavy atom. The largest absolute Gasteiger partial charge is 1.00 e. The number of quaternary nitrogens is 1. The van der Waals surface area contributed by atoms with Gasteiger partial charge in [-0.05, 0) is 34.4 Å². The fourth-order valence-electron chi connectivity index (χ4n) is 3.75. The molecule has 29 heavy (non-hydrogen) atoms. The van der Waals surface area contributed by atoms with E-state index in [-0.39, 0.29) is 17.0 Å². The minimum absolute atomic E-state index is 0. The summed E-state index contributed by atoms with van der Waals surface area (Å²) in [5, 5.41) is 2.48. The maximum Gasteiger partial charge on any atom is 0.141 e. The van der Waals surface area contributed by atoms with Crippen LogP contribution in [0.4, 0.5) is 0 Å². The van der Waals surface area contributed by atoms with Crippen molar-refractivity contribution in [1.82, 2.24) is 0 Å². The van der Waals surface area contributed by atoms with Crippen LogP contribution < -0.4 is 17.0 Å². The maximum atomic E-state index is 5.62.